The average molecular weight is 152 g/mol. The number of halogens is 1. The molecule has 0 unspecified atom stereocenters. The van der Waals surface area contributed by atoms with Crippen LogP contribution in [0.5, 0.6) is 0 Å². The number of carbonyl (C=O) groups is 1. The van der Waals surface area contributed by atoms with Crippen LogP contribution in [-0.2, 0) is 4.79 Å². The summed E-state index contributed by atoms with van der Waals surface area (Å²) in [5, 5.41) is 0. The first-order valence-electron chi connectivity index (χ1n) is 2.93. The molecule has 0 bridgehead atoms. The molecule has 0 aromatic rings. The minimum Gasteiger partial charge on any atom is -0.319 e. The highest BCUT2D eigenvalue weighted by Gasteiger charge is 2.17. The summed E-state index contributed by atoms with van der Waals surface area (Å²) >= 11 is 0. The molecular formula is C6H14ClNO. The summed E-state index contributed by atoms with van der Waals surface area (Å²) in [6, 6.07) is 0. The SMILES string of the molecule is CCC(N)(C=O)CC.Cl. The molecule has 3 heteroatoms. The maximum atomic E-state index is 10.2. The van der Waals surface area contributed by atoms with Crippen LogP contribution >= 0.6 is 12.4 Å². The summed E-state index contributed by atoms with van der Waals surface area (Å²) in [7, 11) is 0. The number of rotatable bonds is 3. The van der Waals surface area contributed by atoms with Crippen molar-refractivity contribution in [3.8, 4) is 0 Å². The minimum atomic E-state index is -0.556. The van der Waals surface area contributed by atoms with Crippen LogP contribution < -0.4 is 5.73 Å². The molecule has 0 aliphatic heterocycles. The first-order valence-corrected chi connectivity index (χ1v) is 2.93. The molecule has 0 aliphatic carbocycles. The van der Waals surface area contributed by atoms with Crippen molar-refractivity contribution in [3.63, 3.8) is 0 Å². The van der Waals surface area contributed by atoms with Crippen molar-refractivity contribution in [1.29, 1.82) is 0 Å². The van der Waals surface area contributed by atoms with Crippen LogP contribution in [0.3, 0.4) is 0 Å². The van der Waals surface area contributed by atoms with E-state index in [1.165, 1.54) is 0 Å². The van der Waals surface area contributed by atoms with Gasteiger partial charge < -0.3 is 10.5 Å². The monoisotopic (exact) mass is 151 g/mol. The van der Waals surface area contributed by atoms with E-state index >= 15 is 0 Å². The Morgan fingerprint density at radius 3 is 1.78 bits per heavy atom. The van der Waals surface area contributed by atoms with Crippen molar-refractivity contribution in [1.82, 2.24) is 0 Å². The van der Waals surface area contributed by atoms with E-state index < -0.39 is 5.54 Å². The zero-order valence-corrected chi connectivity index (χ0v) is 6.70. The number of hydrogen-bond donors (Lipinski definition) is 1. The maximum absolute atomic E-state index is 10.2. The van der Waals surface area contributed by atoms with Crippen LogP contribution in [0.2, 0.25) is 0 Å². The standard InChI is InChI=1S/C6H13NO.ClH/c1-3-6(7,4-2)5-8;/h5H,3-4,7H2,1-2H3;1H. The molecule has 2 N–H and O–H groups in total. The molecular weight excluding hydrogens is 138 g/mol. The highest BCUT2D eigenvalue weighted by molar-refractivity contribution is 5.85. The summed E-state index contributed by atoms with van der Waals surface area (Å²) in [5.41, 5.74) is 4.97. The Bertz CT molecular complexity index is 81.1. The van der Waals surface area contributed by atoms with Gasteiger partial charge in [-0.25, -0.2) is 0 Å². The molecule has 0 radical (unpaired) electrons. The number of hydrogen-bond acceptors (Lipinski definition) is 2. The molecule has 0 saturated heterocycles. The third-order valence-corrected chi connectivity index (χ3v) is 1.55. The fraction of sp³-hybridized carbons (Fsp3) is 0.833. The Morgan fingerprint density at radius 1 is 1.44 bits per heavy atom. The molecule has 9 heavy (non-hydrogen) atoms. The van der Waals surface area contributed by atoms with E-state index in [2.05, 4.69) is 0 Å². The molecule has 2 nitrogen and oxygen atoms in total. The number of aldehydes is 1. The zero-order chi connectivity index (χ0) is 6.62. The van der Waals surface area contributed by atoms with Gasteiger partial charge in [-0.1, -0.05) is 13.8 Å². The topological polar surface area (TPSA) is 43.1 Å². The smallest absolute Gasteiger partial charge is 0.139 e. The van der Waals surface area contributed by atoms with Gasteiger partial charge in [-0.05, 0) is 12.8 Å². The van der Waals surface area contributed by atoms with E-state index in [9.17, 15) is 4.79 Å². The lowest BCUT2D eigenvalue weighted by molar-refractivity contribution is -0.112. The van der Waals surface area contributed by atoms with Crippen LogP contribution in [-0.4, -0.2) is 11.8 Å². The summed E-state index contributed by atoms with van der Waals surface area (Å²) in [5.74, 6) is 0. The largest absolute Gasteiger partial charge is 0.319 e. The molecule has 0 amide bonds. The van der Waals surface area contributed by atoms with Gasteiger partial charge in [0.2, 0.25) is 0 Å². The predicted octanol–water partition coefficient (Wildman–Crippen LogP) is 1.12. The first-order chi connectivity index (χ1) is 3.68. The van der Waals surface area contributed by atoms with Crippen molar-refractivity contribution < 1.29 is 4.79 Å². The van der Waals surface area contributed by atoms with Crippen LogP contribution in [0.4, 0.5) is 0 Å². The lowest BCUT2D eigenvalue weighted by Gasteiger charge is -2.16. The molecule has 0 aromatic carbocycles. The molecule has 0 heterocycles. The summed E-state index contributed by atoms with van der Waals surface area (Å²) in [6.07, 6.45) is 2.28. The van der Waals surface area contributed by atoms with Gasteiger partial charge in [0.25, 0.3) is 0 Å². The fourth-order valence-corrected chi connectivity index (χ4v) is 0.417. The Balaban J connectivity index is 0. The highest BCUT2D eigenvalue weighted by Crippen LogP contribution is 2.05. The Hall–Kier alpha value is -0.0800. The normalized spacial score (nSPS) is 10.1. The third-order valence-electron chi connectivity index (χ3n) is 1.55. The van der Waals surface area contributed by atoms with Gasteiger partial charge in [-0.3, -0.25) is 0 Å². The summed E-state index contributed by atoms with van der Waals surface area (Å²) in [4.78, 5) is 10.2. The Labute approximate surface area is 62.2 Å². The third kappa shape index (κ3) is 3.49. The molecule has 56 valence electrons. The lowest BCUT2D eigenvalue weighted by Crippen LogP contribution is -2.39. The van der Waals surface area contributed by atoms with Crippen molar-refractivity contribution in [2.24, 2.45) is 5.73 Å². The second kappa shape index (κ2) is 4.77. The van der Waals surface area contributed by atoms with Crippen LogP contribution in [0, 0.1) is 0 Å². The van der Waals surface area contributed by atoms with E-state index in [0.29, 0.717) is 0 Å². The van der Waals surface area contributed by atoms with Gasteiger partial charge in [0.05, 0.1) is 5.54 Å². The molecule has 0 aromatic heterocycles. The van der Waals surface area contributed by atoms with Gasteiger partial charge in [-0.2, -0.15) is 0 Å². The van der Waals surface area contributed by atoms with Crippen molar-refractivity contribution in [3.05, 3.63) is 0 Å². The van der Waals surface area contributed by atoms with Crippen molar-refractivity contribution >= 4 is 18.7 Å². The molecule has 0 aliphatic rings. The van der Waals surface area contributed by atoms with Crippen LogP contribution in [0.1, 0.15) is 26.7 Å². The van der Waals surface area contributed by atoms with Gasteiger partial charge in [-0.15, -0.1) is 12.4 Å². The van der Waals surface area contributed by atoms with Gasteiger partial charge >= 0.3 is 0 Å². The minimum absolute atomic E-state index is 0. The van der Waals surface area contributed by atoms with Gasteiger partial charge in [0, 0.05) is 0 Å². The first kappa shape index (κ1) is 11.7. The van der Waals surface area contributed by atoms with E-state index in [0.717, 1.165) is 19.1 Å². The quantitative estimate of drug-likeness (QED) is 0.615. The second-order valence-corrected chi connectivity index (χ2v) is 2.06. The molecule has 0 atom stereocenters. The van der Waals surface area contributed by atoms with Crippen molar-refractivity contribution in [2.45, 2.75) is 32.2 Å². The van der Waals surface area contributed by atoms with E-state index in [1.54, 1.807) is 0 Å². The van der Waals surface area contributed by atoms with E-state index in [1.807, 2.05) is 13.8 Å². The van der Waals surface area contributed by atoms with E-state index in [4.69, 9.17) is 5.73 Å². The Kier molecular flexibility index (Phi) is 6.19. The van der Waals surface area contributed by atoms with Crippen LogP contribution in [0.15, 0.2) is 0 Å². The second-order valence-electron chi connectivity index (χ2n) is 2.06. The number of nitrogens with two attached hydrogens (primary N) is 1. The Morgan fingerprint density at radius 2 is 1.78 bits per heavy atom. The lowest BCUT2D eigenvalue weighted by atomic mass is 9.97. The average Bonchev–Trinajstić information content (AvgIpc) is 1.87. The van der Waals surface area contributed by atoms with Crippen LogP contribution in [0.25, 0.3) is 0 Å². The molecule has 0 fully saturated rings. The van der Waals surface area contributed by atoms with Gasteiger partial charge in [0.15, 0.2) is 0 Å². The van der Waals surface area contributed by atoms with Gasteiger partial charge in [0.1, 0.15) is 6.29 Å². The highest BCUT2D eigenvalue weighted by atomic mass is 35.5. The number of carbonyl (C=O) groups excluding carboxylic acids is 1. The molecule has 0 saturated carbocycles. The fourth-order valence-electron chi connectivity index (χ4n) is 0.417. The molecule has 0 rings (SSSR count). The van der Waals surface area contributed by atoms with E-state index in [-0.39, 0.29) is 12.4 Å². The molecule has 0 spiro atoms. The maximum Gasteiger partial charge on any atom is 0.139 e. The predicted molar refractivity (Wildman–Crippen MR) is 40.8 cm³/mol. The summed E-state index contributed by atoms with van der Waals surface area (Å²) < 4.78 is 0. The van der Waals surface area contributed by atoms with Crippen molar-refractivity contribution in [2.75, 3.05) is 0 Å². The summed E-state index contributed by atoms with van der Waals surface area (Å²) in [6.45, 7) is 3.83. The zero-order valence-electron chi connectivity index (χ0n) is 5.89.